The van der Waals surface area contributed by atoms with E-state index in [1.165, 1.54) is 0 Å². The summed E-state index contributed by atoms with van der Waals surface area (Å²) in [5.74, 6) is 0.750. The minimum atomic E-state index is 0.0231. The zero-order valence-corrected chi connectivity index (χ0v) is 13.2. The minimum Gasteiger partial charge on any atom is -0.485 e. The second kappa shape index (κ2) is 6.22. The fourth-order valence-corrected chi connectivity index (χ4v) is 1.73. The lowest BCUT2D eigenvalue weighted by atomic mass is 10.1. The van der Waals surface area contributed by atoms with Gasteiger partial charge in [0.15, 0.2) is 0 Å². The maximum atomic E-state index is 5.82. The Kier molecular flexibility index (Phi) is 4.57. The Hall–Kier alpha value is -1.95. The third-order valence-electron chi connectivity index (χ3n) is 2.97. The molecule has 0 unspecified atom stereocenters. The van der Waals surface area contributed by atoms with Crippen molar-refractivity contribution in [3.63, 3.8) is 0 Å². The first-order valence-electron chi connectivity index (χ1n) is 6.97. The number of aryl methyl sites for hydroxylation is 2. The van der Waals surface area contributed by atoms with Gasteiger partial charge in [0, 0.05) is 17.8 Å². The van der Waals surface area contributed by atoms with Crippen molar-refractivity contribution >= 4 is 0 Å². The summed E-state index contributed by atoms with van der Waals surface area (Å²) in [6.45, 7) is 11.1. The highest BCUT2D eigenvalue weighted by molar-refractivity contribution is 5.29. The Balaban J connectivity index is 2.09. The number of nitrogens with zero attached hydrogens (tertiary/aromatic N) is 3. The fourth-order valence-electron chi connectivity index (χ4n) is 1.73. The number of hydrogen-bond donors (Lipinski definition) is 1. The van der Waals surface area contributed by atoms with Crippen LogP contribution in [0.3, 0.4) is 0 Å². The van der Waals surface area contributed by atoms with Gasteiger partial charge >= 0.3 is 0 Å². The van der Waals surface area contributed by atoms with Crippen LogP contribution in [0.15, 0.2) is 16.8 Å². The largest absolute Gasteiger partial charge is 0.485 e. The van der Waals surface area contributed by atoms with Gasteiger partial charge in [-0.15, -0.1) is 0 Å². The van der Waals surface area contributed by atoms with Gasteiger partial charge in [-0.05, 0) is 46.8 Å². The van der Waals surface area contributed by atoms with Crippen LogP contribution in [0.25, 0.3) is 0 Å². The van der Waals surface area contributed by atoms with Crippen LogP contribution >= 0.6 is 0 Å². The van der Waals surface area contributed by atoms with E-state index < -0.39 is 0 Å². The van der Waals surface area contributed by atoms with Gasteiger partial charge in [-0.2, -0.15) is 0 Å². The van der Waals surface area contributed by atoms with Crippen LogP contribution in [0, 0.1) is 13.8 Å². The predicted octanol–water partition coefficient (Wildman–Crippen LogP) is 2.55. The Morgan fingerprint density at radius 3 is 2.52 bits per heavy atom. The second-order valence-electron chi connectivity index (χ2n) is 6.09. The van der Waals surface area contributed by atoms with Gasteiger partial charge in [0.25, 0.3) is 0 Å². The number of rotatable bonds is 5. The second-order valence-corrected chi connectivity index (χ2v) is 6.09. The normalized spacial score (nSPS) is 11.7. The topological polar surface area (TPSA) is 73.1 Å². The summed E-state index contributed by atoms with van der Waals surface area (Å²) in [5, 5.41) is 11.0. The molecule has 0 fully saturated rings. The first-order chi connectivity index (χ1) is 9.85. The molecule has 0 aliphatic carbocycles. The molecule has 114 valence electrons. The summed E-state index contributed by atoms with van der Waals surface area (Å²) in [4.78, 5) is 4.55. The van der Waals surface area contributed by atoms with Crippen molar-refractivity contribution in [2.24, 2.45) is 0 Å². The van der Waals surface area contributed by atoms with Crippen molar-refractivity contribution < 1.29 is 9.37 Å². The van der Waals surface area contributed by atoms with Crippen molar-refractivity contribution in [1.82, 2.24) is 20.6 Å². The molecule has 0 amide bonds. The van der Waals surface area contributed by atoms with E-state index in [9.17, 15) is 0 Å². The third-order valence-corrected chi connectivity index (χ3v) is 2.97. The lowest BCUT2D eigenvalue weighted by Gasteiger charge is -2.21. The van der Waals surface area contributed by atoms with E-state index in [0.717, 1.165) is 22.8 Å². The standard InChI is InChI=1S/C15H22N4O2/c1-10-6-7-14(12(17-10)8-16-15(3,4)5)20-9-13-11(2)18-21-19-13/h6-7,16H,8-9H2,1-5H3. The molecule has 1 N–H and O–H groups in total. The van der Waals surface area contributed by atoms with E-state index in [4.69, 9.17) is 4.74 Å². The molecule has 2 heterocycles. The third kappa shape index (κ3) is 4.53. The van der Waals surface area contributed by atoms with Crippen molar-refractivity contribution in [2.45, 2.75) is 53.3 Å². The highest BCUT2D eigenvalue weighted by Gasteiger charge is 2.13. The van der Waals surface area contributed by atoms with Gasteiger partial charge in [0.1, 0.15) is 23.7 Å². The lowest BCUT2D eigenvalue weighted by molar-refractivity contribution is 0.266. The number of pyridine rings is 1. The van der Waals surface area contributed by atoms with Crippen molar-refractivity contribution in [1.29, 1.82) is 0 Å². The smallest absolute Gasteiger partial charge is 0.145 e. The molecule has 0 radical (unpaired) electrons. The quantitative estimate of drug-likeness (QED) is 0.912. The number of hydrogen-bond acceptors (Lipinski definition) is 6. The number of aromatic nitrogens is 3. The fraction of sp³-hybridized carbons (Fsp3) is 0.533. The highest BCUT2D eigenvalue weighted by Crippen LogP contribution is 2.19. The van der Waals surface area contributed by atoms with Crippen LogP contribution in [0.5, 0.6) is 5.75 Å². The molecule has 0 spiro atoms. The molecular weight excluding hydrogens is 268 g/mol. The maximum Gasteiger partial charge on any atom is 0.145 e. The summed E-state index contributed by atoms with van der Waals surface area (Å²) in [5.41, 5.74) is 3.32. The Labute approximate surface area is 124 Å². The molecule has 6 nitrogen and oxygen atoms in total. The van der Waals surface area contributed by atoms with E-state index in [-0.39, 0.29) is 5.54 Å². The molecule has 0 aliphatic heterocycles. The average molecular weight is 290 g/mol. The summed E-state index contributed by atoms with van der Waals surface area (Å²) >= 11 is 0. The Morgan fingerprint density at radius 1 is 1.14 bits per heavy atom. The van der Waals surface area contributed by atoms with Gasteiger partial charge in [-0.1, -0.05) is 10.3 Å². The summed E-state index contributed by atoms with van der Waals surface area (Å²) < 4.78 is 10.5. The van der Waals surface area contributed by atoms with Crippen molar-refractivity contribution in [2.75, 3.05) is 0 Å². The van der Waals surface area contributed by atoms with Crippen LogP contribution in [-0.4, -0.2) is 20.8 Å². The van der Waals surface area contributed by atoms with Crippen LogP contribution in [0.2, 0.25) is 0 Å². The SMILES string of the molecule is Cc1ccc(OCc2nonc2C)c(CNC(C)(C)C)n1. The van der Waals surface area contributed by atoms with Crippen molar-refractivity contribution in [3.8, 4) is 5.75 Å². The number of ether oxygens (including phenoxy) is 1. The van der Waals surface area contributed by atoms with Gasteiger partial charge in [-0.3, -0.25) is 4.98 Å². The molecular formula is C15H22N4O2. The maximum absolute atomic E-state index is 5.82. The molecule has 0 aliphatic rings. The molecule has 0 bridgehead atoms. The molecule has 0 atom stereocenters. The molecule has 0 aromatic carbocycles. The van der Waals surface area contributed by atoms with Gasteiger partial charge in [0.05, 0.1) is 5.69 Å². The first kappa shape index (κ1) is 15.4. The van der Waals surface area contributed by atoms with Crippen molar-refractivity contribution in [3.05, 3.63) is 34.9 Å². The van der Waals surface area contributed by atoms with E-state index >= 15 is 0 Å². The number of nitrogens with one attached hydrogen (secondary N) is 1. The Morgan fingerprint density at radius 2 is 1.90 bits per heavy atom. The predicted molar refractivity (Wildman–Crippen MR) is 78.9 cm³/mol. The van der Waals surface area contributed by atoms with Gasteiger partial charge in [-0.25, -0.2) is 4.63 Å². The summed E-state index contributed by atoms with van der Waals surface area (Å²) in [6.07, 6.45) is 0. The molecule has 2 aromatic heterocycles. The highest BCUT2D eigenvalue weighted by atomic mass is 16.6. The van der Waals surface area contributed by atoms with E-state index in [1.54, 1.807) is 0 Å². The summed E-state index contributed by atoms with van der Waals surface area (Å²) in [6, 6.07) is 3.87. The average Bonchev–Trinajstić information content (AvgIpc) is 2.80. The summed E-state index contributed by atoms with van der Waals surface area (Å²) in [7, 11) is 0. The van der Waals surface area contributed by atoms with E-state index in [2.05, 4.69) is 46.0 Å². The minimum absolute atomic E-state index is 0.0231. The van der Waals surface area contributed by atoms with E-state index in [0.29, 0.717) is 18.8 Å². The monoisotopic (exact) mass is 290 g/mol. The molecule has 2 rings (SSSR count). The zero-order chi connectivity index (χ0) is 15.5. The van der Waals surface area contributed by atoms with E-state index in [1.807, 2.05) is 26.0 Å². The lowest BCUT2D eigenvalue weighted by Crippen LogP contribution is -2.35. The van der Waals surface area contributed by atoms with Crippen LogP contribution in [0.4, 0.5) is 0 Å². The molecule has 21 heavy (non-hydrogen) atoms. The molecule has 6 heteroatoms. The van der Waals surface area contributed by atoms with Gasteiger partial charge in [0.2, 0.25) is 0 Å². The molecule has 0 saturated heterocycles. The molecule has 0 saturated carbocycles. The van der Waals surface area contributed by atoms with Crippen LogP contribution < -0.4 is 10.1 Å². The first-order valence-corrected chi connectivity index (χ1v) is 6.97. The molecule has 2 aromatic rings. The van der Waals surface area contributed by atoms with Crippen LogP contribution in [-0.2, 0) is 13.2 Å². The van der Waals surface area contributed by atoms with Gasteiger partial charge < -0.3 is 10.1 Å². The zero-order valence-electron chi connectivity index (χ0n) is 13.2. The Bertz CT molecular complexity index is 602. The van der Waals surface area contributed by atoms with Crippen LogP contribution in [0.1, 0.15) is 43.5 Å².